The number of carbonyl (C=O) groups is 2. The first-order valence-corrected chi connectivity index (χ1v) is 9.31. The Morgan fingerprint density at radius 1 is 1.12 bits per heavy atom. The molecular weight excluding hydrogens is 332 g/mol. The van der Waals surface area contributed by atoms with E-state index in [1.54, 1.807) is 7.11 Å². The molecule has 0 bridgehead atoms. The summed E-state index contributed by atoms with van der Waals surface area (Å²) in [5, 5.41) is 0. The number of likely N-dealkylation sites (tertiary alicyclic amines) is 1. The van der Waals surface area contributed by atoms with Gasteiger partial charge in [0.25, 0.3) is 0 Å². The number of morpholine rings is 1. The third kappa shape index (κ3) is 3.70. The second-order valence-electron chi connectivity index (χ2n) is 7.29. The third-order valence-electron chi connectivity index (χ3n) is 5.30. The van der Waals surface area contributed by atoms with Crippen molar-refractivity contribution in [1.29, 1.82) is 0 Å². The van der Waals surface area contributed by atoms with Crippen molar-refractivity contribution in [2.45, 2.75) is 19.8 Å². The molecule has 0 radical (unpaired) electrons. The highest BCUT2D eigenvalue weighted by Gasteiger charge is 2.43. The Balaban J connectivity index is 1.89. The Hall–Kier alpha value is -2.08. The predicted molar refractivity (Wildman–Crippen MR) is 98.0 cm³/mol. The molecule has 0 N–H and O–H groups in total. The molecule has 0 aliphatic carbocycles. The molecule has 2 fully saturated rings. The summed E-state index contributed by atoms with van der Waals surface area (Å²) in [6.45, 7) is 7.21. The molecule has 2 heterocycles. The van der Waals surface area contributed by atoms with Crippen LogP contribution in [-0.2, 0) is 14.3 Å². The molecule has 0 saturated carbocycles. The van der Waals surface area contributed by atoms with E-state index >= 15 is 0 Å². The van der Waals surface area contributed by atoms with Crippen LogP contribution < -0.4 is 4.74 Å². The van der Waals surface area contributed by atoms with Gasteiger partial charge in [-0.25, -0.2) is 0 Å². The molecule has 2 amide bonds. The van der Waals surface area contributed by atoms with Gasteiger partial charge in [0.1, 0.15) is 5.75 Å². The van der Waals surface area contributed by atoms with Crippen LogP contribution in [0.5, 0.6) is 5.75 Å². The molecule has 26 heavy (non-hydrogen) atoms. The number of amides is 2. The van der Waals surface area contributed by atoms with E-state index in [-0.39, 0.29) is 29.6 Å². The van der Waals surface area contributed by atoms with E-state index < -0.39 is 0 Å². The summed E-state index contributed by atoms with van der Waals surface area (Å²) in [7, 11) is 1.64. The van der Waals surface area contributed by atoms with Crippen LogP contribution in [0.15, 0.2) is 24.3 Å². The van der Waals surface area contributed by atoms with Gasteiger partial charge >= 0.3 is 0 Å². The standard InChI is InChI=1S/C20H28N2O4/c1-14(2)19(23)22-12-16(15-6-4-5-7-18(15)25-3)17(13-22)20(24)21-8-10-26-11-9-21/h4-7,14,16-17H,8-13H2,1-3H3. The maximum atomic E-state index is 13.2. The highest BCUT2D eigenvalue weighted by molar-refractivity contribution is 5.84. The molecule has 0 aromatic heterocycles. The molecule has 1 aromatic rings. The first-order valence-electron chi connectivity index (χ1n) is 9.31. The van der Waals surface area contributed by atoms with E-state index in [9.17, 15) is 9.59 Å². The molecule has 2 atom stereocenters. The Bertz CT molecular complexity index is 655. The molecule has 0 spiro atoms. The molecule has 2 aliphatic rings. The summed E-state index contributed by atoms with van der Waals surface area (Å²) in [6.07, 6.45) is 0. The van der Waals surface area contributed by atoms with Crippen LogP contribution in [0.4, 0.5) is 0 Å². The van der Waals surface area contributed by atoms with E-state index in [0.29, 0.717) is 39.4 Å². The van der Waals surface area contributed by atoms with Crippen LogP contribution in [0.1, 0.15) is 25.3 Å². The number of para-hydroxylation sites is 1. The van der Waals surface area contributed by atoms with Crippen molar-refractivity contribution in [2.24, 2.45) is 11.8 Å². The van der Waals surface area contributed by atoms with Crippen molar-refractivity contribution < 1.29 is 19.1 Å². The molecular formula is C20H28N2O4. The topological polar surface area (TPSA) is 59.1 Å². The minimum absolute atomic E-state index is 0.0517. The second-order valence-corrected chi connectivity index (χ2v) is 7.29. The van der Waals surface area contributed by atoms with Crippen molar-refractivity contribution >= 4 is 11.8 Å². The van der Waals surface area contributed by atoms with Crippen molar-refractivity contribution in [3.8, 4) is 5.75 Å². The zero-order chi connectivity index (χ0) is 18.7. The largest absolute Gasteiger partial charge is 0.496 e. The monoisotopic (exact) mass is 360 g/mol. The van der Waals surface area contributed by atoms with Crippen LogP contribution >= 0.6 is 0 Å². The maximum absolute atomic E-state index is 13.2. The summed E-state index contributed by atoms with van der Waals surface area (Å²) in [6, 6.07) is 7.80. The number of nitrogens with zero attached hydrogens (tertiary/aromatic N) is 2. The smallest absolute Gasteiger partial charge is 0.228 e. The zero-order valence-electron chi connectivity index (χ0n) is 15.8. The maximum Gasteiger partial charge on any atom is 0.228 e. The van der Waals surface area contributed by atoms with Crippen LogP contribution in [0.3, 0.4) is 0 Å². The van der Waals surface area contributed by atoms with E-state index in [4.69, 9.17) is 9.47 Å². The van der Waals surface area contributed by atoms with Crippen molar-refractivity contribution in [1.82, 2.24) is 9.80 Å². The molecule has 6 nitrogen and oxygen atoms in total. The van der Waals surface area contributed by atoms with Crippen LogP contribution in [0.25, 0.3) is 0 Å². The highest BCUT2D eigenvalue weighted by atomic mass is 16.5. The number of hydrogen-bond acceptors (Lipinski definition) is 4. The highest BCUT2D eigenvalue weighted by Crippen LogP contribution is 2.39. The van der Waals surface area contributed by atoms with E-state index in [0.717, 1.165) is 11.3 Å². The predicted octanol–water partition coefficient (Wildman–Crippen LogP) is 1.75. The minimum atomic E-state index is -0.243. The Morgan fingerprint density at radius 3 is 2.46 bits per heavy atom. The summed E-state index contributed by atoms with van der Waals surface area (Å²) in [4.78, 5) is 29.5. The van der Waals surface area contributed by atoms with Gasteiger partial charge in [0.05, 0.1) is 26.2 Å². The molecule has 1 aromatic carbocycles. The van der Waals surface area contributed by atoms with E-state index in [1.165, 1.54) is 0 Å². The lowest BCUT2D eigenvalue weighted by molar-refractivity contribution is -0.140. The van der Waals surface area contributed by atoms with Crippen molar-refractivity contribution in [3.05, 3.63) is 29.8 Å². The molecule has 2 saturated heterocycles. The van der Waals surface area contributed by atoms with Gasteiger partial charge in [-0.15, -0.1) is 0 Å². The fraction of sp³-hybridized carbons (Fsp3) is 0.600. The third-order valence-corrected chi connectivity index (χ3v) is 5.30. The fourth-order valence-electron chi connectivity index (χ4n) is 3.91. The molecule has 6 heteroatoms. The Labute approximate surface area is 155 Å². The Kier molecular flexibility index (Phi) is 5.81. The van der Waals surface area contributed by atoms with Gasteiger partial charge in [0.15, 0.2) is 0 Å². The number of methoxy groups -OCH3 is 1. The lowest BCUT2D eigenvalue weighted by Gasteiger charge is -2.31. The van der Waals surface area contributed by atoms with Gasteiger partial charge in [0.2, 0.25) is 11.8 Å². The second kappa shape index (κ2) is 8.08. The van der Waals surface area contributed by atoms with Crippen LogP contribution in [-0.4, -0.2) is 68.1 Å². The molecule has 2 aliphatic heterocycles. The van der Waals surface area contributed by atoms with Crippen molar-refractivity contribution in [2.75, 3.05) is 46.5 Å². The lowest BCUT2D eigenvalue weighted by atomic mass is 9.87. The fourth-order valence-corrected chi connectivity index (χ4v) is 3.91. The first kappa shape index (κ1) is 18.7. The summed E-state index contributed by atoms with van der Waals surface area (Å²) < 4.78 is 10.9. The molecule has 142 valence electrons. The number of rotatable bonds is 4. The number of hydrogen-bond donors (Lipinski definition) is 0. The first-order chi connectivity index (χ1) is 12.5. The zero-order valence-corrected chi connectivity index (χ0v) is 15.8. The van der Waals surface area contributed by atoms with Gasteiger partial charge in [-0.2, -0.15) is 0 Å². The van der Waals surface area contributed by atoms with Gasteiger partial charge in [-0.3, -0.25) is 9.59 Å². The van der Waals surface area contributed by atoms with E-state index in [1.807, 2.05) is 47.9 Å². The Morgan fingerprint density at radius 2 is 1.81 bits per heavy atom. The normalized spacial score (nSPS) is 23.4. The number of carbonyl (C=O) groups excluding carboxylic acids is 2. The van der Waals surface area contributed by atoms with Gasteiger partial charge in [0, 0.05) is 38.0 Å². The van der Waals surface area contributed by atoms with Crippen molar-refractivity contribution in [3.63, 3.8) is 0 Å². The number of benzene rings is 1. The minimum Gasteiger partial charge on any atom is -0.496 e. The van der Waals surface area contributed by atoms with Crippen LogP contribution in [0, 0.1) is 11.8 Å². The molecule has 3 rings (SSSR count). The van der Waals surface area contributed by atoms with Gasteiger partial charge in [-0.1, -0.05) is 32.0 Å². The van der Waals surface area contributed by atoms with Gasteiger partial charge in [-0.05, 0) is 11.6 Å². The van der Waals surface area contributed by atoms with E-state index in [2.05, 4.69) is 0 Å². The summed E-state index contributed by atoms with van der Waals surface area (Å²) in [5.41, 5.74) is 1.00. The number of ether oxygens (including phenoxy) is 2. The molecule has 2 unspecified atom stereocenters. The average Bonchev–Trinajstić information content (AvgIpc) is 3.12. The average molecular weight is 360 g/mol. The summed E-state index contributed by atoms with van der Waals surface area (Å²) >= 11 is 0. The lowest BCUT2D eigenvalue weighted by Crippen LogP contribution is -2.45. The summed E-state index contributed by atoms with van der Waals surface area (Å²) in [5.74, 6) is 0.614. The van der Waals surface area contributed by atoms with Gasteiger partial charge < -0.3 is 19.3 Å². The van der Waals surface area contributed by atoms with Crippen LogP contribution in [0.2, 0.25) is 0 Å². The SMILES string of the molecule is COc1ccccc1C1CN(C(=O)C(C)C)CC1C(=O)N1CCOCC1. The quantitative estimate of drug-likeness (QED) is 0.821.